The first-order valence-electron chi connectivity index (χ1n) is 4.91. The average Bonchev–Trinajstić information content (AvgIpc) is 2.30. The molecule has 16 heavy (non-hydrogen) atoms. The maximum Gasteiger partial charge on any atom is 0.233 e. The third-order valence-electron chi connectivity index (χ3n) is 2.13. The number of hydrogen-bond donors (Lipinski definition) is 2. The van der Waals surface area contributed by atoms with Crippen molar-refractivity contribution >= 4 is 21.8 Å². The van der Waals surface area contributed by atoms with Crippen LogP contribution in [-0.2, 0) is 11.3 Å². The van der Waals surface area contributed by atoms with Crippen molar-refractivity contribution in [3.63, 3.8) is 0 Å². The van der Waals surface area contributed by atoms with Crippen molar-refractivity contribution < 1.29 is 9.53 Å². The Morgan fingerprint density at radius 2 is 2.25 bits per heavy atom. The van der Waals surface area contributed by atoms with Crippen LogP contribution in [0.3, 0.4) is 0 Å². The molecule has 0 bridgehead atoms. The van der Waals surface area contributed by atoms with E-state index in [4.69, 9.17) is 4.74 Å². The molecule has 0 aliphatic carbocycles. The molecule has 1 amide bonds. The predicted molar refractivity (Wildman–Crippen MR) is 66.5 cm³/mol. The summed E-state index contributed by atoms with van der Waals surface area (Å²) >= 11 is 3.38. The van der Waals surface area contributed by atoms with E-state index in [2.05, 4.69) is 26.6 Å². The highest BCUT2D eigenvalue weighted by Crippen LogP contribution is 2.23. The second-order valence-electron chi connectivity index (χ2n) is 3.23. The number of carbonyl (C=O) groups excluding carboxylic acids is 1. The van der Waals surface area contributed by atoms with Gasteiger partial charge in [-0.05, 0) is 12.1 Å². The molecule has 0 unspecified atom stereocenters. The van der Waals surface area contributed by atoms with Crippen LogP contribution < -0.4 is 15.4 Å². The molecule has 0 aliphatic rings. The molecule has 0 spiro atoms. The summed E-state index contributed by atoms with van der Waals surface area (Å²) in [4.78, 5) is 11.0. The normalized spacial score (nSPS) is 9.94. The van der Waals surface area contributed by atoms with Crippen molar-refractivity contribution in [3.8, 4) is 5.75 Å². The summed E-state index contributed by atoms with van der Waals surface area (Å²) in [6.45, 7) is 0.902. The van der Waals surface area contributed by atoms with Gasteiger partial charge in [0.15, 0.2) is 0 Å². The van der Waals surface area contributed by atoms with E-state index in [-0.39, 0.29) is 5.91 Å². The highest BCUT2D eigenvalue weighted by Gasteiger charge is 2.04. The molecule has 5 heteroatoms. The van der Waals surface area contributed by atoms with E-state index in [1.807, 2.05) is 18.2 Å². The summed E-state index contributed by atoms with van der Waals surface area (Å²) in [5.41, 5.74) is 1.02. The number of hydrogen-bond acceptors (Lipinski definition) is 3. The zero-order chi connectivity index (χ0) is 12.0. The van der Waals surface area contributed by atoms with Crippen molar-refractivity contribution in [2.24, 2.45) is 0 Å². The Hall–Kier alpha value is -1.07. The Kier molecular flexibility index (Phi) is 5.28. The quantitative estimate of drug-likeness (QED) is 0.858. The van der Waals surface area contributed by atoms with Gasteiger partial charge in [0.25, 0.3) is 0 Å². The Bertz CT molecular complexity index is 369. The van der Waals surface area contributed by atoms with Gasteiger partial charge >= 0.3 is 0 Å². The lowest BCUT2D eigenvalue weighted by Crippen LogP contribution is -2.31. The minimum atomic E-state index is -0.0314. The van der Waals surface area contributed by atoms with Crippen LogP contribution >= 0.6 is 15.9 Å². The van der Waals surface area contributed by atoms with E-state index in [0.29, 0.717) is 13.1 Å². The fourth-order valence-corrected chi connectivity index (χ4v) is 1.60. The van der Waals surface area contributed by atoms with Crippen LogP contribution in [0.15, 0.2) is 22.7 Å². The molecule has 1 rings (SSSR count). The van der Waals surface area contributed by atoms with Gasteiger partial charge in [0.05, 0.1) is 13.7 Å². The number of amides is 1. The molecule has 0 aliphatic heterocycles. The van der Waals surface area contributed by atoms with E-state index in [1.165, 1.54) is 0 Å². The Labute approximate surface area is 103 Å². The van der Waals surface area contributed by atoms with Gasteiger partial charge in [0.2, 0.25) is 5.91 Å². The topological polar surface area (TPSA) is 50.4 Å². The lowest BCUT2D eigenvalue weighted by atomic mass is 10.2. The summed E-state index contributed by atoms with van der Waals surface area (Å²) in [5.74, 6) is 0.773. The minimum Gasteiger partial charge on any atom is -0.496 e. The number of carbonyl (C=O) groups is 1. The first-order chi connectivity index (χ1) is 7.67. The highest BCUT2D eigenvalue weighted by atomic mass is 79.9. The van der Waals surface area contributed by atoms with Crippen LogP contribution in [0, 0.1) is 0 Å². The summed E-state index contributed by atoms with van der Waals surface area (Å²) in [6.07, 6.45) is 0. The molecule has 0 atom stereocenters. The van der Waals surface area contributed by atoms with E-state index in [0.717, 1.165) is 15.8 Å². The molecule has 0 radical (unpaired) electrons. The monoisotopic (exact) mass is 286 g/mol. The number of nitrogens with one attached hydrogen (secondary N) is 2. The van der Waals surface area contributed by atoms with Crippen molar-refractivity contribution in [2.75, 3.05) is 20.7 Å². The molecule has 0 fully saturated rings. The number of rotatable bonds is 5. The first kappa shape index (κ1) is 13.0. The van der Waals surface area contributed by atoms with Crippen molar-refractivity contribution in [1.29, 1.82) is 0 Å². The minimum absolute atomic E-state index is 0.0314. The second-order valence-corrected chi connectivity index (χ2v) is 4.15. The standard InChI is InChI=1S/C11H15BrN2O2/c1-13-11(15)7-14-6-8-3-4-9(12)5-10(8)16-2/h3-5,14H,6-7H2,1-2H3,(H,13,15). The fourth-order valence-electron chi connectivity index (χ4n) is 1.26. The number of ether oxygens (including phenoxy) is 1. The average molecular weight is 287 g/mol. The summed E-state index contributed by atoms with van der Waals surface area (Å²) < 4.78 is 6.21. The summed E-state index contributed by atoms with van der Waals surface area (Å²) in [6, 6.07) is 5.80. The molecule has 1 aromatic carbocycles. The van der Waals surface area contributed by atoms with Crippen molar-refractivity contribution in [3.05, 3.63) is 28.2 Å². The molecular formula is C11H15BrN2O2. The molecule has 0 aromatic heterocycles. The van der Waals surface area contributed by atoms with Gasteiger partial charge in [-0.25, -0.2) is 0 Å². The van der Waals surface area contributed by atoms with Crippen LogP contribution in [0.5, 0.6) is 5.75 Å². The molecule has 0 saturated heterocycles. The molecule has 1 aromatic rings. The highest BCUT2D eigenvalue weighted by molar-refractivity contribution is 9.10. The SMILES string of the molecule is CNC(=O)CNCc1ccc(Br)cc1OC. The summed E-state index contributed by atoms with van der Waals surface area (Å²) in [7, 11) is 3.24. The van der Waals surface area contributed by atoms with Crippen molar-refractivity contribution in [1.82, 2.24) is 10.6 Å². The molecule has 2 N–H and O–H groups in total. The van der Waals surface area contributed by atoms with Crippen LogP contribution in [-0.4, -0.2) is 26.6 Å². The van der Waals surface area contributed by atoms with Crippen LogP contribution in [0.4, 0.5) is 0 Å². The maximum absolute atomic E-state index is 11.0. The Morgan fingerprint density at radius 3 is 2.88 bits per heavy atom. The molecular weight excluding hydrogens is 272 g/mol. The van der Waals surface area contributed by atoms with Gasteiger partial charge in [-0.2, -0.15) is 0 Å². The first-order valence-corrected chi connectivity index (χ1v) is 5.70. The maximum atomic E-state index is 11.0. The summed E-state index contributed by atoms with van der Waals surface area (Å²) in [5, 5.41) is 5.59. The Morgan fingerprint density at radius 1 is 1.50 bits per heavy atom. The van der Waals surface area contributed by atoms with Crippen LogP contribution in [0.1, 0.15) is 5.56 Å². The van der Waals surface area contributed by atoms with Gasteiger partial charge in [0, 0.05) is 23.6 Å². The van der Waals surface area contributed by atoms with Crippen molar-refractivity contribution in [2.45, 2.75) is 6.54 Å². The predicted octanol–water partition coefficient (Wildman–Crippen LogP) is 1.29. The van der Waals surface area contributed by atoms with E-state index in [9.17, 15) is 4.79 Å². The molecule has 0 heterocycles. The lowest BCUT2D eigenvalue weighted by molar-refractivity contribution is -0.119. The zero-order valence-electron chi connectivity index (χ0n) is 9.34. The third kappa shape index (κ3) is 3.83. The smallest absolute Gasteiger partial charge is 0.233 e. The van der Waals surface area contributed by atoms with Gasteiger partial charge < -0.3 is 15.4 Å². The number of benzene rings is 1. The van der Waals surface area contributed by atoms with E-state index in [1.54, 1.807) is 14.2 Å². The van der Waals surface area contributed by atoms with Gasteiger partial charge in [-0.15, -0.1) is 0 Å². The van der Waals surface area contributed by atoms with E-state index >= 15 is 0 Å². The van der Waals surface area contributed by atoms with Gasteiger partial charge in [-0.3, -0.25) is 4.79 Å². The van der Waals surface area contributed by atoms with Crippen LogP contribution in [0.25, 0.3) is 0 Å². The van der Waals surface area contributed by atoms with Gasteiger partial charge in [-0.1, -0.05) is 22.0 Å². The zero-order valence-corrected chi connectivity index (χ0v) is 10.9. The lowest BCUT2D eigenvalue weighted by Gasteiger charge is -2.09. The number of methoxy groups -OCH3 is 1. The molecule has 4 nitrogen and oxygen atoms in total. The number of halogens is 1. The Balaban J connectivity index is 2.56. The van der Waals surface area contributed by atoms with Crippen LogP contribution in [0.2, 0.25) is 0 Å². The molecule has 88 valence electrons. The third-order valence-corrected chi connectivity index (χ3v) is 2.62. The second kappa shape index (κ2) is 6.50. The fraction of sp³-hybridized carbons (Fsp3) is 0.364. The molecule has 0 saturated carbocycles. The number of likely N-dealkylation sites (N-methyl/N-ethyl adjacent to an activating group) is 1. The van der Waals surface area contributed by atoms with Gasteiger partial charge in [0.1, 0.15) is 5.75 Å². The largest absolute Gasteiger partial charge is 0.496 e. The van der Waals surface area contributed by atoms with E-state index < -0.39 is 0 Å².